The van der Waals surface area contributed by atoms with Crippen LogP contribution in [0.15, 0.2) is 30.5 Å². The van der Waals surface area contributed by atoms with E-state index in [4.69, 9.17) is 5.73 Å². The van der Waals surface area contributed by atoms with Crippen LogP contribution >= 0.6 is 0 Å². The van der Waals surface area contributed by atoms with Crippen LogP contribution in [0.25, 0.3) is 10.9 Å². The Bertz CT molecular complexity index is 579. The van der Waals surface area contributed by atoms with Crippen molar-refractivity contribution in [2.24, 2.45) is 5.92 Å². The molecule has 0 saturated carbocycles. The smallest absolute Gasteiger partial charge is 0.0955 e. The van der Waals surface area contributed by atoms with Gasteiger partial charge in [-0.15, -0.1) is 0 Å². The Balaban J connectivity index is 2.02. The molecule has 3 nitrogen and oxygen atoms in total. The molecule has 3 rings (SSSR count). The van der Waals surface area contributed by atoms with Gasteiger partial charge in [-0.1, -0.05) is 6.92 Å². The summed E-state index contributed by atoms with van der Waals surface area (Å²) in [5, 5.41) is 1.07. The Morgan fingerprint density at radius 2 is 2.11 bits per heavy atom. The van der Waals surface area contributed by atoms with Crippen molar-refractivity contribution in [3.05, 3.63) is 30.5 Å². The van der Waals surface area contributed by atoms with Gasteiger partial charge in [0.05, 0.1) is 11.2 Å². The molecule has 1 fully saturated rings. The molecule has 1 aliphatic heterocycles. The highest BCUT2D eigenvalue weighted by Crippen LogP contribution is 2.31. The Hall–Kier alpha value is -1.77. The van der Waals surface area contributed by atoms with E-state index in [9.17, 15) is 0 Å². The molecular weight excluding hydrogens is 234 g/mol. The minimum atomic E-state index is 0.815. The summed E-state index contributed by atoms with van der Waals surface area (Å²) in [7, 11) is 0. The number of nitrogens with two attached hydrogens (primary N) is 1. The second kappa shape index (κ2) is 5.08. The van der Waals surface area contributed by atoms with E-state index in [-0.39, 0.29) is 0 Å². The number of hydrogen-bond donors (Lipinski definition) is 1. The molecule has 0 radical (unpaired) electrons. The summed E-state index contributed by atoms with van der Waals surface area (Å²) in [5.41, 5.74) is 9.14. The molecule has 1 aromatic heterocycles. The van der Waals surface area contributed by atoms with Gasteiger partial charge < -0.3 is 10.6 Å². The van der Waals surface area contributed by atoms with E-state index in [1.165, 1.54) is 24.9 Å². The summed E-state index contributed by atoms with van der Waals surface area (Å²) in [4.78, 5) is 7.02. The number of nitrogens with zero attached hydrogens (tertiary/aromatic N) is 2. The zero-order chi connectivity index (χ0) is 13.2. The van der Waals surface area contributed by atoms with Gasteiger partial charge in [0.2, 0.25) is 0 Å². The van der Waals surface area contributed by atoms with Crippen molar-refractivity contribution in [3.63, 3.8) is 0 Å². The Labute approximate surface area is 114 Å². The monoisotopic (exact) mass is 255 g/mol. The molecule has 3 heteroatoms. The Morgan fingerprint density at radius 3 is 3.00 bits per heavy atom. The number of aromatic nitrogens is 1. The topological polar surface area (TPSA) is 42.1 Å². The fourth-order valence-corrected chi connectivity index (χ4v) is 2.94. The molecular formula is C16H21N3. The highest BCUT2D eigenvalue weighted by Gasteiger charge is 2.17. The van der Waals surface area contributed by atoms with Gasteiger partial charge in [0.25, 0.3) is 0 Å². The number of pyridine rings is 1. The first kappa shape index (κ1) is 12.3. The van der Waals surface area contributed by atoms with E-state index in [0.717, 1.165) is 35.6 Å². The number of benzene rings is 1. The van der Waals surface area contributed by atoms with Crippen molar-refractivity contribution in [3.8, 4) is 0 Å². The molecule has 0 aliphatic carbocycles. The largest absolute Gasteiger partial charge is 0.398 e. The van der Waals surface area contributed by atoms with Gasteiger partial charge in [-0.2, -0.15) is 0 Å². The van der Waals surface area contributed by atoms with E-state index in [1.807, 2.05) is 18.3 Å². The molecule has 1 aromatic carbocycles. The predicted molar refractivity (Wildman–Crippen MR) is 81.4 cm³/mol. The molecule has 19 heavy (non-hydrogen) atoms. The molecule has 0 amide bonds. The summed E-state index contributed by atoms with van der Waals surface area (Å²) < 4.78 is 0. The maximum atomic E-state index is 6.05. The zero-order valence-electron chi connectivity index (χ0n) is 11.5. The maximum Gasteiger partial charge on any atom is 0.0955 e. The van der Waals surface area contributed by atoms with Gasteiger partial charge in [0.1, 0.15) is 0 Å². The molecule has 0 spiro atoms. The number of anilines is 2. The van der Waals surface area contributed by atoms with E-state index < -0.39 is 0 Å². The van der Waals surface area contributed by atoms with Crippen molar-refractivity contribution in [1.82, 2.24) is 4.98 Å². The van der Waals surface area contributed by atoms with Crippen LogP contribution in [0.2, 0.25) is 0 Å². The summed E-state index contributed by atoms with van der Waals surface area (Å²) in [5.74, 6) is 0.831. The first-order chi connectivity index (χ1) is 9.25. The first-order valence-electron chi connectivity index (χ1n) is 7.14. The average Bonchev–Trinajstić information content (AvgIpc) is 2.65. The van der Waals surface area contributed by atoms with Crippen LogP contribution in [-0.2, 0) is 0 Å². The van der Waals surface area contributed by atoms with Crippen LogP contribution in [-0.4, -0.2) is 18.1 Å². The van der Waals surface area contributed by atoms with Gasteiger partial charge in [-0.25, -0.2) is 0 Å². The summed E-state index contributed by atoms with van der Waals surface area (Å²) in [6, 6.07) is 8.14. The highest BCUT2D eigenvalue weighted by atomic mass is 15.1. The Kier molecular flexibility index (Phi) is 3.28. The first-order valence-corrected chi connectivity index (χ1v) is 7.14. The van der Waals surface area contributed by atoms with Gasteiger partial charge >= 0.3 is 0 Å². The van der Waals surface area contributed by atoms with Gasteiger partial charge in [0.15, 0.2) is 0 Å². The fourth-order valence-electron chi connectivity index (χ4n) is 2.94. The van der Waals surface area contributed by atoms with Gasteiger partial charge in [-0.05, 0) is 49.4 Å². The molecule has 2 N–H and O–H groups in total. The Morgan fingerprint density at radius 1 is 1.21 bits per heavy atom. The second-order valence-electron chi connectivity index (χ2n) is 5.60. The van der Waals surface area contributed by atoms with E-state index in [2.05, 4.69) is 28.9 Å². The fraction of sp³-hybridized carbons (Fsp3) is 0.438. The van der Waals surface area contributed by atoms with Crippen LogP contribution in [0.4, 0.5) is 11.4 Å². The van der Waals surface area contributed by atoms with Crippen LogP contribution in [0.5, 0.6) is 0 Å². The van der Waals surface area contributed by atoms with Crippen molar-refractivity contribution in [2.75, 3.05) is 23.7 Å². The standard InChI is InChI=1S/C16H21N3/c1-12-4-3-10-19(11-8-12)15-7-6-14(17)13-5-2-9-18-16(13)15/h2,5-7,9,12H,3-4,8,10-11,17H2,1H3. The summed E-state index contributed by atoms with van der Waals surface area (Å²) >= 11 is 0. The predicted octanol–water partition coefficient (Wildman–Crippen LogP) is 3.44. The number of fused-ring (bicyclic) bond motifs is 1. The number of hydrogen-bond acceptors (Lipinski definition) is 3. The quantitative estimate of drug-likeness (QED) is 0.794. The van der Waals surface area contributed by atoms with E-state index in [0.29, 0.717) is 0 Å². The lowest BCUT2D eigenvalue weighted by Gasteiger charge is -2.24. The molecule has 100 valence electrons. The molecule has 1 saturated heterocycles. The van der Waals surface area contributed by atoms with E-state index in [1.54, 1.807) is 0 Å². The van der Waals surface area contributed by atoms with Crippen LogP contribution in [0.3, 0.4) is 0 Å². The minimum absolute atomic E-state index is 0.815. The second-order valence-corrected chi connectivity index (χ2v) is 5.60. The van der Waals surface area contributed by atoms with Crippen LogP contribution in [0, 0.1) is 5.92 Å². The lowest BCUT2D eigenvalue weighted by molar-refractivity contribution is 0.521. The maximum absolute atomic E-state index is 6.05. The molecule has 1 aliphatic rings. The zero-order valence-corrected chi connectivity index (χ0v) is 11.5. The van der Waals surface area contributed by atoms with Gasteiger partial charge in [0, 0.05) is 30.4 Å². The highest BCUT2D eigenvalue weighted by molar-refractivity contribution is 5.98. The average molecular weight is 255 g/mol. The summed E-state index contributed by atoms with van der Waals surface area (Å²) in [6.45, 7) is 4.60. The van der Waals surface area contributed by atoms with Crippen molar-refractivity contribution >= 4 is 22.3 Å². The normalized spacial score (nSPS) is 20.5. The van der Waals surface area contributed by atoms with Crippen molar-refractivity contribution in [1.29, 1.82) is 0 Å². The van der Waals surface area contributed by atoms with E-state index >= 15 is 0 Å². The lowest BCUT2D eigenvalue weighted by Crippen LogP contribution is -2.24. The molecule has 2 aromatic rings. The van der Waals surface area contributed by atoms with Crippen LogP contribution < -0.4 is 10.6 Å². The summed E-state index contributed by atoms with van der Waals surface area (Å²) in [6.07, 6.45) is 5.71. The minimum Gasteiger partial charge on any atom is -0.398 e. The van der Waals surface area contributed by atoms with Crippen molar-refractivity contribution in [2.45, 2.75) is 26.2 Å². The lowest BCUT2D eigenvalue weighted by atomic mass is 10.0. The van der Waals surface area contributed by atoms with Crippen LogP contribution in [0.1, 0.15) is 26.2 Å². The third-order valence-corrected chi connectivity index (χ3v) is 4.14. The molecule has 0 bridgehead atoms. The molecule has 2 heterocycles. The molecule has 1 unspecified atom stereocenters. The van der Waals surface area contributed by atoms with Gasteiger partial charge in [-0.3, -0.25) is 4.98 Å². The number of rotatable bonds is 1. The number of nitrogen functional groups attached to an aromatic ring is 1. The SMILES string of the molecule is CC1CCCN(c2ccc(N)c3cccnc23)CC1. The van der Waals surface area contributed by atoms with Crippen molar-refractivity contribution < 1.29 is 0 Å². The third kappa shape index (κ3) is 2.37. The molecule has 1 atom stereocenters. The third-order valence-electron chi connectivity index (χ3n) is 4.14.